The Morgan fingerprint density at radius 3 is 1.15 bits per heavy atom. The molecule has 0 unspecified atom stereocenters. The lowest BCUT2D eigenvalue weighted by Crippen LogP contribution is -2.04. The summed E-state index contributed by atoms with van der Waals surface area (Å²) in [6, 6.07) is 104. The van der Waals surface area contributed by atoms with E-state index in [0.717, 1.165) is 144 Å². The summed E-state index contributed by atoms with van der Waals surface area (Å²) in [4.78, 5) is 16.3. The minimum Gasteiger partial charge on any atom is -0.456 e. The van der Waals surface area contributed by atoms with Gasteiger partial charge in [-0.1, -0.05) is 188 Å². The minimum absolute atomic E-state index is 0.516. The summed E-state index contributed by atoms with van der Waals surface area (Å²) < 4.78 is 20.4. The van der Waals surface area contributed by atoms with Gasteiger partial charge in [0.15, 0.2) is 17.5 Å². The molecule has 6 heterocycles. The lowest BCUT2D eigenvalue weighted by atomic mass is 9.92. The minimum atomic E-state index is 0.516. The van der Waals surface area contributed by atoms with E-state index in [-0.39, 0.29) is 0 Å². The zero-order chi connectivity index (χ0) is 58.3. The van der Waals surface area contributed by atoms with Gasteiger partial charge in [0.1, 0.15) is 22.3 Å². The highest BCUT2D eigenvalue weighted by atomic mass is 16.3. The van der Waals surface area contributed by atoms with Gasteiger partial charge in [0, 0.05) is 87.4 Å². The summed E-state index contributed by atoms with van der Waals surface area (Å²) in [6.45, 7) is 0. The summed E-state index contributed by atoms with van der Waals surface area (Å²) >= 11 is 0. The van der Waals surface area contributed by atoms with Crippen molar-refractivity contribution in [3.63, 3.8) is 0 Å². The molecule has 0 radical (unpaired) electrons. The van der Waals surface area contributed by atoms with Crippen LogP contribution in [0.1, 0.15) is 0 Å². The van der Waals surface area contributed by atoms with E-state index in [4.69, 9.17) is 23.8 Å². The van der Waals surface area contributed by atoms with Crippen molar-refractivity contribution in [1.29, 1.82) is 0 Å². The second kappa shape index (κ2) is 19.2. The Balaban J connectivity index is 0.910. The van der Waals surface area contributed by atoms with E-state index >= 15 is 0 Å². The first kappa shape index (κ1) is 49.2. The third-order valence-corrected chi connectivity index (χ3v) is 18.1. The fraction of sp³-hybridized carbons (Fsp3) is 0. The van der Waals surface area contributed by atoms with E-state index < -0.39 is 0 Å². The molecule has 0 aliphatic rings. The first-order valence-electron chi connectivity index (χ1n) is 30.1. The van der Waals surface area contributed by atoms with Crippen molar-refractivity contribution in [2.75, 3.05) is 0 Å². The number of benzene rings is 13. The molecule has 13 aromatic carbocycles. The summed E-state index contributed by atoms with van der Waals surface area (Å²) in [5.74, 6) is 1.55. The molecular formula is C81H48N6O2. The maximum Gasteiger partial charge on any atom is 0.164 e. The quantitative estimate of drug-likeness (QED) is 0.151. The normalized spacial score (nSPS) is 12.0. The third kappa shape index (κ3) is 7.51. The van der Waals surface area contributed by atoms with Crippen molar-refractivity contribution in [2.45, 2.75) is 0 Å². The van der Waals surface area contributed by atoms with Gasteiger partial charge in [-0.2, -0.15) is 0 Å². The molecule has 0 N–H and O–H groups in total. The smallest absolute Gasteiger partial charge is 0.164 e. The van der Waals surface area contributed by atoms with Crippen molar-refractivity contribution >= 4 is 109 Å². The monoisotopic (exact) mass is 1140 g/mol. The summed E-state index contributed by atoms with van der Waals surface area (Å²) in [5.41, 5.74) is 19.6. The fourth-order valence-electron chi connectivity index (χ4n) is 14.2. The Kier molecular flexibility index (Phi) is 10.6. The number of hydrogen-bond donors (Lipinski definition) is 0. The van der Waals surface area contributed by atoms with E-state index in [1.54, 1.807) is 0 Å². The lowest BCUT2D eigenvalue weighted by molar-refractivity contribution is 0.668. The Morgan fingerprint density at radius 1 is 0.236 bits per heavy atom. The lowest BCUT2D eigenvalue weighted by Gasteiger charge is -2.21. The molecule has 0 amide bonds. The van der Waals surface area contributed by atoms with Crippen LogP contribution in [0.4, 0.5) is 0 Å². The summed E-state index contributed by atoms with van der Waals surface area (Å²) in [5, 5.41) is 11.3. The Bertz CT molecular complexity index is 5820. The Morgan fingerprint density at radius 2 is 0.640 bits per heavy atom. The van der Waals surface area contributed by atoms with Gasteiger partial charge in [0.25, 0.3) is 0 Å². The van der Waals surface area contributed by atoms with E-state index in [9.17, 15) is 0 Å². The van der Waals surface area contributed by atoms with Crippen LogP contribution in [0.2, 0.25) is 0 Å². The molecular weight excluding hydrogens is 1090 g/mol. The number of para-hydroxylation sites is 6. The topological polar surface area (TPSA) is 79.7 Å². The zero-order valence-corrected chi connectivity index (χ0v) is 47.7. The number of nitrogens with zero attached hydrogens (tertiary/aromatic N) is 6. The Hall–Kier alpha value is -12.1. The van der Waals surface area contributed by atoms with Crippen LogP contribution in [0.3, 0.4) is 0 Å². The second-order valence-corrected chi connectivity index (χ2v) is 23.0. The number of furan rings is 2. The molecule has 89 heavy (non-hydrogen) atoms. The van der Waals surface area contributed by atoms with Gasteiger partial charge in [0.05, 0.1) is 44.5 Å². The molecule has 0 spiro atoms. The first-order valence-corrected chi connectivity index (χ1v) is 30.1. The molecule has 0 bridgehead atoms. The van der Waals surface area contributed by atoms with Crippen molar-refractivity contribution in [3.8, 4) is 73.5 Å². The maximum atomic E-state index is 6.50. The fourth-order valence-corrected chi connectivity index (χ4v) is 14.2. The van der Waals surface area contributed by atoms with Crippen molar-refractivity contribution in [1.82, 2.24) is 28.7 Å². The molecule has 8 nitrogen and oxygen atoms in total. The van der Waals surface area contributed by atoms with Crippen LogP contribution in [0.5, 0.6) is 0 Å². The van der Waals surface area contributed by atoms with Crippen molar-refractivity contribution in [3.05, 3.63) is 291 Å². The van der Waals surface area contributed by atoms with E-state index in [1.807, 2.05) is 36.4 Å². The average Bonchev–Trinajstić information content (AvgIpc) is 1.63. The van der Waals surface area contributed by atoms with Gasteiger partial charge in [-0.05, 0) is 114 Å². The van der Waals surface area contributed by atoms with Gasteiger partial charge in [0.2, 0.25) is 0 Å². The molecule has 0 aliphatic carbocycles. The van der Waals surface area contributed by atoms with Crippen molar-refractivity contribution in [2.24, 2.45) is 0 Å². The van der Waals surface area contributed by atoms with Crippen LogP contribution in [0, 0.1) is 0 Å². The van der Waals surface area contributed by atoms with Gasteiger partial charge in [-0.15, -0.1) is 0 Å². The number of rotatable bonds is 8. The van der Waals surface area contributed by atoms with E-state index in [1.165, 1.54) is 21.5 Å². The van der Waals surface area contributed by atoms with Crippen LogP contribution in [0.25, 0.3) is 183 Å². The molecule has 0 saturated carbocycles. The predicted molar refractivity (Wildman–Crippen MR) is 365 cm³/mol. The van der Waals surface area contributed by atoms with E-state index in [2.05, 4.69) is 268 Å². The van der Waals surface area contributed by atoms with Gasteiger partial charge in [-0.3, -0.25) is 0 Å². The van der Waals surface area contributed by atoms with Crippen LogP contribution in [0.15, 0.2) is 300 Å². The number of aromatic nitrogens is 6. The van der Waals surface area contributed by atoms with Crippen LogP contribution in [-0.2, 0) is 0 Å². The highest BCUT2D eigenvalue weighted by molar-refractivity contribution is 6.19. The maximum absolute atomic E-state index is 6.50. The molecule has 0 atom stereocenters. The second-order valence-electron chi connectivity index (χ2n) is 23.0. The standard InChI is InChI=1S/C81H48N6O2/c1-3-20-49(21-4-1)63-44-53(81-83-79(51-38-41-61-59-28-11-17-36-73(59)88-75(61)46-51)82-80(84-81)52-39-42-62-60-29-12-18-37-74(60)89-76(62)47-52)45-64(50-22-5-2-6-23-50)78(63)87-70-43-40-54(85-66-30-13-7-24-55(66)56-25-8-14-31-67(56)85)48-65(70)77-71(34-19-35-72(77)87)86-68-32-15-9-26-57(68)58-27-10-16-33-69(58)86/h1-48H. The molecule has 0 saturated heterocycles. The molecule has 414 valence electrons. The molecule has 19 rings (SSSR count). The van der Waals surface area contributed by atoms with Crippen molar-refractivity contribution < 1.29 is 8.83 Å². The zero-order valence-electron chi connectivity index (χ0n) is 47.7. The van der Waals surface area contributed by atoms with Gasteiger partial charge < -0.3 is 22.5 Å². The Labute approximate surface area is 508 Å². The third-order valence-electron chi connectivity index (χ3n) is 18.1. The van der Waals surface area contributed by atoms with Crippen LogP contribution < -0.4 is 0 Å². The van der Waals surface area contributed by atoms with Gasteiger partial charge in [-0.25, -0.2) is 15.0 Å². The highest BCUT2D eigenvalue weighted by Crippen LogP contribution is 2.47. The molecule has 19 aromatic rings. The van der Waals surface area contributed by atoms with Crippen LogP contribution in [-0.4, -0.2) is 28.7 Å². The molecule has 0 fully saturated rings. The van der Waals surface area contributed by atoms with Crippen LogP contribution >= 0.6 is 0 Å². The SMILES string of the molecule is c1ccc(-c2cc(-c3nc(-c4ccc5c(c4)oc4ccccc45)nc(-c4ccc5c(c4)oc4ccccc45)n3)cc(-c3ccccc3)c2-n2c3ccc(-n4c5ccccc5c5ccccc54)cc3c3c(-n4c5ccccc5c5ccccc54)cccc32)cc1. The number of hydrogen-bond acceptors (Lipinski definition) is 5. The average molecular weight is 1140 g/mol. The molecule has 8 heteroatoms. The molecule has 0 aliphatic heterocycles. The predicted octanol–water partition coefficient (Wildman–Crippen LogP) is 21.3. The largest absolute Gasteiger partial charge is 0.456 e. The van der Waals surface area contributed by atoms with Gasteiger partial charge >= 0.3 is 0 Å². The molecule has 6 aromatic heterocycles. The highest BCUT2D eigenvalue weighted by Gasteiger charge is 2.27. The van der Waals surface area contributed by atoms with E-state index in [0.29, 0.717) is 17.5 Å². The first-order chi connectivity index (χ1) is 44.1. The summed E-state index contributed by atoms with van der Waals surface area (Å²) in [6.07, 6.45) is 0. The number of fused-ring (bicyclic) bond motifs is 15. The summed E-state index contributed by atoms with van der Waals surface area (Å²) in [7, 11) is 0.